The lowest BCUT2D eigenvalue weighted by atomic mass is 10.1. The van der Waals surface area contributed by atoms with Gasteiger partial charge in [-0.05, 0) is 43.6 Å². The maximum Gasteiger partial charge on any atom is 0.424 e. The summed E-state index contributed by atoms with van der Waals surface area (Å²) in [5, 5.41) is 0.596. The Labute approximate surface area is 230 Å². The summed E-state index contributed by atoms with van der Waals surface area (Å²) in [6.07, 6.45) is -11.5. The highest BCUT2D eigenvalue weighted by Gasteiger charge is 2.59. The van der Waals surface area contributed by atoms with Gasteiger partial charge < -0.3 is 14.5 Å². The number of hydrogen-bond acceptors (Lipinski definition) is 4. The Bertz CT molecular complexity index is 1030. The minimum absolute atomic E-state index is 0.160. The zero-order valence-corrected chi connectivity index (χ0v) is 23.2. The van der Waals surface area contributed by atoms with Crippen LogP contribution in [0.25, 0.3) is 0 Å². The number of carbonyl (C=O) groups excluding carboxylic acids is 1. The monoisotopic (exact) mass is 600 g/mol. The van der Waals surface area contributed by atoms with E-state index >= 15 is 0 Å². The predicted octanol–water partition coefficient (Wildman–Crippen LogP) is 5.22. The molecule has 4 rings (SSSR count). The SMILES string of the molecule is C/P=C(/OC(C(F)(F)F)C(F)(F)F)N1CCN(Cc2ccc(Cl)cc2N2CCC(N3CCCCC3=O)C2)CC1. The molecule has 3 aliphatic rings. The minimum atomic E-state index is -5.56. The predicted molar refractivity (Wildman–Crippen MR) is 139 cm³/mol. The van der Waals surface area contributed by atoms with Crippen LogP contribution in [-0.2, 0) is 16.1 Å². The van der Waals surface area contributed by atoms with Gasteiger partial charge in [0.2, 0.25) is 5.91 Å². The molecular formula is C25H32ClF6N4O2P. The lowest BCUT2D eigenvalue weighted by Crippen LogP contribution is -2.52. The molecule has 1 aromatic rings. The molecule has 0 aliphatic carbocycles. The molecule has 0 aromatic heterocycles. The number of likely N-dealkylation sites (tertiary alicyclic amines) is 1. The first kappa shape index (κ1) is 30.4. The zero-order valence-electron chi connectivity index (χ0n) is 21.6. The van der Waals surface area contributed by atoms with Gasteiger partial charge in [-0.1, -0.05) is 25.9 Å². The summed E-state index contributed by atoms with van der Waals surface area (Å²) in [7, 11) is 0.187. The Kier molecular flexibility index (Phi) is 9.74. The normalized spacial score (nSPS) is 22.8. The van der Waals surface area contributed by atoms with Gasteiger partial charge in [-0.3, -0.25) is 9.69 Å². The van der Waals surface area contributed by atoms with Crippen molar-refractivity contribution in [1.29, 1.82) is 0 Å². The van der Waals surface area contributed by atoms with Crippen LogP contribution >= 0.6 is 19.8 Å². The third kappa shape index (κ3) is 7.58. The van der Waals surface area contributed by atoms with E-state index in [1.54, 1.807) is 0 Å². The van der Waals surface area contributed by atoms with Gasteiger partial charge in [0.25, 0.3) is 6.10 Å². The van der Waals surface area contributed by atoms with Crippen molar-refractivity contribution in [2.24, 2.45) is 0 Å². The van der Waals surface area contributed by atoms with Crippen LogP contribution in [0.3, 0.4) is 0 Å². The third-order valence-corrected chi connectivity index (χ3v) is 8.40. The Morgan fingerprint density at radius 2 is 1.74 bits per heavy atom. The Morgan fingerprint density at radius 3 is 2.36 bits per heavy atom. The molecule has 0 bridgehead atoms. The van der Waals surface area contributed by atoms with E-state index in [1.807, 2.05) is 23.1 Å². The number of benzene rings is 1. The van der Waals surface area contributed by atoms with Gasteiger partial charge in [0.05, 0.1) is 6.04 Å². The first-order chi connectivity index (χ1) is 18.4. The van der Waals surface area contributed by atoms with Crippen molar-refractivity contribution in [2.75, 3.05) is 57.4 Å². The van der Waals surface area contributed by atoms with E-state index in [0.717, 1.165) is 50.1 Å². The molecule has 3 heterocycles. The molecule has 3 saturated heterocycles. The lowest BCUT2D eigenvalue weighted by Gasteiger charge is -2.37. The van der Waals surface area contributed by atoms with Gasteiger partial charge in [-0.25, -0.2) is 4.90 Å². The van der Waals surface area contributed by atoms with E-state index in [1.165, 1.54) is 11.6 Å². The highest BCUT2D eigenvalue weighted by atomic mass is 35.5. The molecule has 0 N–H and O–H groups in total. The number of piperazine rings is 1. The number of rotatable bonds is 7. The number of amides is 1. The van der Waals surface area contributed by atoms with E-state index in [2.05, 4.69) is 14.5 Å². The van der Waals surface area contributed by atoms with E-state index in [-0.39, 0.29) is 38.8 Å². The van der Waals surface area contributed by atoms with Crippen molar-refractivity contribution < 1.29 is 35.9 Å². The highest BCUT2D eigenvalue weighted by Crippen LogP contribution is 2.37. The Morgan fingerprint density at radius 1 is 1.05 bits per heavy atom. The van der Waals surface area contributed by atoms with Crippen LogP contribution < -0.4 is 4.90 Å². The topological polar surface area (TPSA) is 39.3 Å². The quantitative estimate of drug-likeness (QED) is 0.317. The molecule has 1 aromatic carbocycles. The fourth-order valence-electron chi connectivity index (χ4n) is 5.42. The van der Waals surface area contributed by atoms with Gasteiger partial charge in [-0.15, -0.1) is 0 Å². The number of anilines is 1. The summed E-state index contributed by atoms with van der Waals surface area (Å²) in [6, 6.07) is 5.83. The summed E-state index contributed by atoms with van der Waals surface area (Å²) in [5.74, 6) is 0.209. The van der Waals surface area contributed by atoms with E-state index in [4.69, 9.17) is 11.6 Å². The minimum Gasteiger partial charge on any atom is -0.369 e. The number of carbonyl (C=O) groups is 1. The van der Waals surface area contributed by atoms with Crippen molar-refractivity contribution in [2.45, 2.75) is 56.7 Å². The number of halogens is 7. The summed E-state index contributed by atoms with van der Waals surface area (Å²) in [6.45, 7) is 5.67. The fourth-order valence-corrected chi connectivity index (χ4v) is 6.28. The molecule has 3 fully saturated rings. The van der Waals surface area contributed by atoms with Crippen LogP contribution in [0.1, 0.15) is 31.2 Å². The maximum atomic E-state index is 13.0. The second-order valence-electron chi connectivity index (χ2n) is 10.1. The summed E-state index contributed by atoms with van der Waals surface area (Å²) < 4.78 is 82.5. The Hall–Kier alpha value is -1.59. The van der Waals surface area contributed by atoms with Gasteiger partial charge in [0.15, 0.2) is 0 Å². The van der Waals surface area contributed by atoms with Gasteiger partial charge in [0.1, 0.15) is 5.60 Å². The number of ether oxygens (including phenoxy) is 1. The Balaban J connectivity index is 1.38. The number of hydrogen-bond donors (Lipinski definition) is 0. The van der Waals surface area contributed by atoms with Crippen molar-refractivity contribution in [3.63, 3.8) is 0 Å². The second-order valence-corrected chi connectivity index (χ2v) is 11.3. The molecule has 6 nitrogen and oxygen atoms in total. The molecule has 1 amide bonds. The summed E-state index contributed by atoms with van der Waals surface area (Å²) >= 11 is 6.33. The first-order valence-electron chi connectivity index (χ1n) is 12.9. The van der Waals surface area contributed by atoms with E-state index < -0.39 is 18.5 Å². The molecule has 14 heteroatoms. The molecule has 1 unspecified atom stereocenters. The number of alkyl halides is 6. The average molecular weight is 601 g/mol. The molecule has 3 aliphatic heterocycles. The highest BCUT2D eigenvalue weighted by molar-refractivity contribution is 7.38. The van der Waals surface area contributed by atoms with Crippen molar-refractivity contribution in [1.82, 2.24) is 14.7 Å². The molecule has 0 spiro atoms. The molecule has 218 valence electrons. The molecule has 0 saturated carbocycles. The summed E-state index contributed by atoms with van der Waals surface area (Å²) in [4.78, 5) is 20.2. The van der Waals surface area contributed by atoms with Crippen LogP contribution in [0.4, 0.5) is 32.0 Å². The molecule has 39 heavy (non-hydrogen) atoms. The van der Waals surface area contributed by atoms with Crippen LogP contribution in [0.5, 0.6) is 0 Å². The number of nitrogens with zero attached hydrogens (tertiary/aromatic N) is 4. The molecular weight excluding hydrogens is 569 g/mol. The smallest absolute Gasteiger partial charge is 0.369 e. The molecule has 1 atom stereocenters. The van der Waals surface area contributed by atoms with Crippen LogP contribution in [0, 0.1) is 0 Å². The van der Waals surface area contributed by atoms with E-state index in [0.29, 0.717) is 31.1 Å². The number of piperidine rings is 1. The van der Waals surface area contributed by atoms with Crippen LogP contribution in [0.2, 0.25) is 5.02 Å². The van der Waals surface area contributed by atoms with Gasteiger partial charge in [-0.2, -0.15) is 26.3 Å². The standard InChI is InChI=1S/C25H32ClF6N4O2P/c1-39-23(38-22(24(27,28)29)25(30,31)32)34-12-10-33(11-13-34)15-17-5-6-18(26)14-20(17)35-9-7-19(16-35)36-8-3-2-4-21(36)37/h5-6,14,19,22H,2-4,7-13,15-16H2,1H3. The van der Waals surface area contributed by atoms with Crippen molar-refractivity contribution in [3.8, 4) is 0 Å². The molecule has 0 radical (unpaired) electrons. The lowest BCUT2D eigenvalue weighted by molar-refractivity contribution is -0.304. The average Bonchev–Trinajstić information content (AvgIpc) is 3.35. The first-order valence-corrected chi connectivity index (χ1v) is 14.7. The fraction of sp³-hybridized carbons (Fsp3) is 0.680. The van der Waals surface area contributed by atoms with Crippen molar-refractivity contribution in [3.05, 3.63) is 28.8 Å². The maximum absolute atomic E-state index is 13.0. The van der Waals surface area contributed by atoms with E-state index in [9.17, 15) is 31.1 Å². The van der Waals surface area contributed by atoms with Gasteiger partial charge >= 0.3 is 12.4 Å². The van der Waals surface area contributed by atoms with Crippen LogP contribution in [0.15, 0.2) is 18.2 Å². The zero-order chi connectivity index (χ0) is 28.4. The second kappa shape index (κ2) is 12.5. The summed E-state index contributed by atoms with van der Waals surface area (Å²) in [5.41, 5.74) is 1.68. The largest absolute Gasteiger partial charge is 0.424 e. The third-order valence-electron chi connectivity index (χ3n) is 7.40. The van der Waals surface area contributed by atoms with Gasteiger partial charge in [0, 0.05) is 69.5 Å². The van der Waals surface area contributed by atoms with Crippen LogP contribution in [-0.4, -0.2) is 103 Å². The van der Waals surface area contributed by atoms with Crippen molar-refractivity contribution >= 4 is 37.0 Å².